The number of piperidine rings is 1. The van der Waals surface area contributed by atoms with E-state index in [-0.39, 0.29) is 18.4 Å². The Hall–Kier alpha value is -1.53. The van der Waals surface area contributed by atoms with Crippen molar-refractivity contribution in [3.63, 3.8) is 0 Å². The van der Waals surface area contributed by atoms with E-state index in [9.17, 15) is 9.59 Å². The molecule has 130 valence electrons. The van der Waals surface area contributed by atoms with E-state index in [1.54, 1.807) is 4.90 Å². The van der Waals surface area contributed by atoms with Gasteiger partial charge >= 0.3 is 0 Å². The molecule has 2 aliphatic rings. The van der Waals surface area contributed by atoms with Crippen LogP contribution in [0.5, 0.6) is 0 Å². The maximum atomic E-state index is 12.3. The molecule has 0 unspecified atom stereocenters. The normalized spacial score (nSPS) is 21.5. The zero-order valence-corrected chi connectivity index (χ0v) is 15.0. The summed E-state index contributed by atoms with van der Waals surface area (Å²) in [6, 6.07) is 8.36. The molecule has 2 aliphatic heterocycles. The van der Waals surface area contributed by atoms with Crippen LogP contribution in [-0.2, 0) is 9.59 Å². The molecule has 1 aromatic carbocycles. The Kier molecular flexibility index (Phi) is 5.79. The summed E-state index contributed by atoms with van der Waals surface area (Å²) in [4.78, 5) is 29.5. The van der Waals surface area contributed by atoms with Crippen LogP contribution in [0, 0.1) is 0 Å². The standard InChI is InChI=1S/C18H25N3O2S/c1-14-6-4-5-10-20(14)11-9-19-17(22)12-21-15-7-2-3-8-16(15)24-13-18(21)23/h2-3,7-8,14H,4-6,9-13H2,1H3,(H,19,22)/t14-/m1/s1. The average Bonchev–Trinajstić information content (AvgIpc) is 2.59. The van der Waals surface area contributed by atoms with Crippen LogP contribution in [0.2, 0.25) is 0 Å². The highest BCUT2D eigenvalue weighted by atomic mass is 32.2. The number of benzene rings is 1. The van der Waals surface area contributed by atoms with Gasteiger partial charge in [-0.05, 0) is 38.4 Å². The molecule has 6 heteroatoms. The summed E-state index contributed by atoms with van der Waals surface area (Å²) in [6.45, 7) is 5.00. The summed E-state index contributed by atoms with van der Waals surface area (Å²) in [7, 11) is 0. The SMILES string of the molecule is C[C@@H]1CCCCN1CCNC(=O)CN1C(=O)CSc2ccccc21. The van der Waals surface area contributed by atoms with Crippen LogP contribution in [0.4, 0.5) is 5.69 Å². The maximum absolute atomic E-state index is 12.3. The first kappa shape index (κ1) is 17.3. The largest absolute Gasteiger partial charge is 0.353 e. The molecule has 0 aromatic heterocycles. The van der Waals surface area contributed by atoms with E-state index in [1.807, 2.05) is 24.3 Å². The van der Waals surface area contributed by atoms with Crippen molar-refractivity contribution in [2.75, 3.05) is 36.8 Å². The lowest BCUT2D eigenvalue weighted by Gasteiger charge is -2.33. The minimum atomic E-state index is -0.0882. The number of carbonyl (C=O) groups excluding carboxylic acids is 2. The zero-order valence-electron chi connectivity index (χ0n) is 14.2. The first-order valence-corrected chi connectivity index (χ1v) is 9.66. The summed E-state index contributed by atoms with van der Waals surface area (Å²) in [5.74, 6) is 0.309. The number of nitrogens with one attached hydrogen (secondary N) is 1. The number of likely N-dealkylation sites (tertiary alicyclic amines) is 1. The number of nitrogens with zero attached hydrogens (tertiary/aromatic N) is 2. The van der Waals surface area contributed by atoms with E-state index in [4.69, 9.17) is 0 Å². The minimum absolute atomic E-state index is 0.00139. The van der Waals surface area contributed by atoms with Crippen molar-refractivity contribution >= 4 is 29.3 Å². The van der Waals surface area contributed by atoms with Crippen LogP contribution in [0.3, 0.4) is 0 Å². The van der Waals surface area contributed by atoms with Gasteiger partial charge in [0.15, 0.2) is 0 Å². The predicted molar refractivity (Wildman–Crippen MR) is 97.4 cm³/mol. The number of hydrogen-bond donors (Lipinski definition) is 1. The van der Waals surface area contributed by atoms with E-state index in [2.05, 4.69) is 17.1 Å². The van der Waals surface area contributed by atoms with Gasteiger partial charge in [0.05, 0.1) is 11.4 Å². The monoisotopic (exact) mass is 347 g/mol. The maximum Gasteiger partial charge on any atom is 0.240 e. The second-order valence-electron chi connectivity index (χ2n) is 6.47. The Morgan fingerprint density at radius 1 is 1.33 bits per heavy atom. The van der Waals surface area contributed by atoms with E-state index in [0.717, 1.165) is 23.7 Å². The number of para-hydroxylation sites is 1. The quantitative estimate of drug-likeness (QED) is 0.886. The second-order valence-corrected chi connectivity index (χ2v) is 7.48. The van der Waals surface area contributed by atoms with Gasteiger partial charge < -0.3 is 10.2 Å². The highest BCUT2D eigenvalue weighted by Gasteiger charge is 2.26. The number of thioether (sulfide) groups is 1. The van der Waals surface area contributed by atoms with Crippen molar-refractivity contribution in [1.29, 1.82) is 0 Å². The van der Waals surface area contributed by atoms with Gasteiger partial charge in [-0.1, -0.05) is 18.6 Å². The van der Waals surface area contributed by atoms with Crippen LogP contribution in [0.25, 0.3) is 0 Å². The lowest BCUT2D eigenvalue weighted by atomic mass is 10.0. The number of carbonyl (C=O) groups is 2. The fraction of sp³-hybridized carbons (Fsp3) is 0.556. The van der Waals surface area contributed by atoms with Gasteiger partial charge in [0.1, 0.15) is 6.54 Å². The number of amides is 2. The lowest BCUT2D eigenvalue weighted by Crippen LogP contribution is -2.46. The molecule has 0 spiro atoms. The fourth-order valence-electron chi connectivity index (χ4n) is 3.36. The van der Waals surface area contributed by atoms with Crippen LogP contribution < -0.4 is 10.2 Å². The first-order chi connectivity index (χ1) is 11.6. The third kappa shape index (κ3) is 4.11. The molecule has 1 atom stereocenters. The molecule has 1 saturated heterocycles. The van der Waals surface area contributed by atoms with Crippen molar-refractivity contribution in [3.8, 4) is 0 Å². The highest BCUT2D eigenvalue weighted by Crippen LogP contribution is 2.34. The molecule has 2 amide bonds. The zero-order chi connectivity index (χ0) is 16.9. The van der Waals surface area contributed by atoms with Gasteiger partial charge in [-0.25, -0.2) is 0 Å². The molecule has 1 fully saturated rings. The smallest absolute Gasteiger partial charge is 0.240 e. The van der Waals surface area contributed by atoms with Crippen molar-refractivity contribution in [3.05, 3.63) is 24.3 Å². The second kappa shape index (κ2) is 8.03. The predicted octanol–water partition coefficient (Wildman–Crippen LogP) is 2.12. The van der Waals surface area contributed by atoms with Gasteiger partial charge in [-0.2, -0.15) is 0 Å². The van der Waals surface area contributed by atoms with Crippen molar-refractivity contribution < 1.29 is 9.59 Å². The van der Waals surface area contributed by atoms with Crippen molar-refractivity contribution in [1.82, 2.24) is 10.2 Å². The number of rotatable bonds is 5. The molecular weight excluding hydrogens is 322 g/mol. The number of fused-ring (bicyclic) bond motifs is 1. The average molecular weight is 347 g/mol. The Morgan fingerprint density at radius 2 is 2.17 bits per heavy atom. The molecule has 3 rings (SSSR count). The third-order valence-corrected chi connectivity index (χ3v) is 5.82. The van der Waals surface area contributed by atoms with Gasteiger partial charge in [-0.15, -0.1) is 11.8 Å². The van der Waals surface area contributed by atoms with E-state index in [0.29, 0.717) is 18.3 Å². The summed E-state index contributed by atoms with van der Waals surface area (Å²) >= 11 is 1.53. The number of hydrogen-bond acceptors (Lipinski definition) is 4. The molecule has 5 nitrogen and oxygen atoms in total. The molecule has 2 heterocycles. The molecule has 1 N–H and O–H groups in total. The van der Waals surface area contributed by atoms with Crippen LogP contribution in [0.15, 0.2) is 29.2 Å². The van der Waals surface area contributed by atoms with Gasteiger partial charge in [0.2, 0.25) is 11.8 Å². The fourth-order valence-corrected chi connectivity index (χ4v) is 4.29. The molecule has 0 bridgehead atoms. The first-order valence-electron chi connectivity index (χ1n) is 8.68. The molecular formula is C18H25N3O2S. The van der Waals surface area contributed by atoms with Crippen LogP contribution in [0.1, 0.15) is 26.2 Å². The summed E-state index contributed by atoms with van der Waals surface area (Å²) in [5.41, 5.74) is 0.846. The van der Waals surface area contributed by atoms with E-state index >= 15 is 0 Å². The Morgan fingerprint density at radius 3 is 3.00 bits per heavy atom. The highest BCUT2D eigenvalue weighted by molar-refractivity contribution is 8.00. The summed E-state index contributed by atoms with van der Waals surface area (Å²) in [6.07, 6.45) is 3.79. The van der Waals surface area contributed by atoms with Gasteiger partial charge in [-0.3, -0.25) is 14.5 Å². The summed E-state index contributed by atoms with van der Waals surface area (Å²) in [5, 5.41) is 2.97. The van der Waals surface area contributed by atoms with Crippen molar-refractivity contribution in [2.45, 2.75) is 37.1 Å². The van der Waals surface area contributed by atoms with Gasteiger partial charge in [0, 0.05) is 24.0 Å². The lowest BCUT2D eigenvalue weighted by molar-refractivity contribution is -0.123. The Bertz CT molecular complexity index is 608. The number of anilines is 1. The van der Waals surface area contributed by atoms with Gasteiger partial charge in [0.25, 0.3) is 0 Å². The topological polar surface area (TPSA) is 52.7 Å². The van der Waals surface area contributed by atoms with Crippen molar-refractivity contribution in [2.24, 2.45) is 0 Å². The third-order valence-electron chi connectivity index (χ3n) is 4.77. The van der Waals surface area contributed by atoms with Crippen LogP contribution in [-0.4, -0.2) is 54.7 Å². The molecule has 0 radical (unpaired) electrons. The summed E-state index contributed by atoms with van der Waals surface area (Å²) < 4.78 is 0. The molecule has 24 heavy (non-hydrogen) atoms. The molecule has 1 aromatic rings. The molecule has 0 aliphatic carbocycles. The van der Waals surface area contributed by atoms with E-state index in [1.165, 1.54) is 31.0 Å². The van der Waals surface area contributed by atoms with Crippen LogP contribution >= 0.6 is 11.8 Å². The minimum Gasteiger partial charge on any atom is -0.353 e. The molecule has 0 saturated carbocycles. The Labute approximate surface area is 147 Å². The van der Waals surface area contributed by atoms with E-state index < -0.39 is 0 Å². The Balaban J connectivity index is 1.50.